The molecule has 2 aromatic carbocycles. The standard InChI is InChI=1S/C23H23ClN2O5/c1-13(2)11-19(26-21(28)15-7-4-5-8-16(15)22(26)29)23(30)31-12-20(27)25-18-10-6-9-17(24)14(18)3/h4-10,13,19H,11-12H2,1-3H3,(H,25,27)/t19-/m0/s1. The van der Waals surface area contributed by atoms with Crippen LogP contribution in [-0.4, -0.2) is 41.2 Å². The van der Waals surface area contributed by atoms with Crippen LogP contribution in [0.2, 0.25) is 5.02 Å². The van der Waals surface area contributed by atoms with Gasteiger partial charge in [-0.1, -0.05) is 43.6 Å². The largest absolute Gasteiger partial charge is 0.454 e. The number of fused-ring (bicyclic) bond motifs is 1. The first kappa shape index (κ1) is 22.5. The highest BCUT2D eigenvalue weighted by Crippen LogP contribution is 2.27. The van der Waals surface area contributed by atoms with Crippen LogP contribution < -0.4 is 5.32 Å². The highest BCUT2D eigenvalue weighted by atomic mass is 35.5. The molecular weight excluding hydrogens is 420 g/mol. The van der Waals surface area contributed by atoms with Crippen molar-refractivity contribution in [1.29, 1.82) is 0 Å². The van der Waals surface area contributed by atoms with Crippen molar-refractivity contribution in [3.63, 3.8) is 0 Å². The molecule has 0 saturated carbocycles. The van der Waals surface area contributed by atoms with Crippen molar-refractivity contribution in [2.45, 2.75) is 33.2 Å². The van der Waals surface area contributed by atoms with Gasteiger partial charge in [0.1, 0.15) is 6.04 Å². The Bertz CT molecular complexity index is 1020. The molecule has 3 amide bonds. The Kier molecular flexibility index (Phi) is 6.75. The first-order chi connectivity index (χ1) is 14.7. The van der Waals surface area contributed by atoms with Gasteiger partial charge in [0.15, 0.2) is 6.61 Å². The normalized spacial score (nSPS) is 13.9. The van der Waals surface area contributed by atoms with Crippen molar-refractivity contribution in [3.8, 4) is 0 Å². The smallest absolute Gasteiger partial charge is 0.329 e. The quantitative estimate of drug-likeness (QED) is 0.519. The molecule has 7 nitrogen and oxygen atoms in total. The van der Waals surface area contributed by atoms with Gasteiger partial charge in [0.2, 0.25) is 0 Å². The van der Waals surface area contributed by atoms with E-state index in [1.807, 2.05) is 13.8 Å². The minimum Gasteiger partial charge on any atom is -0.454 e. The zero-order chi connectivity index (χ0) is 22.7. The highest BCUT2D eigenvalue weighted by molar-refractivity contribution is 6.31. The van der Waals surface area contributed by atoms with E-state index >= 15 is 0 Å². The Morgan fingerprint density at radius 1 is 1.03 bits per heavy atom. The van der Waals surface area contributed by atoms with Crippen LogP contribution in [0.25, 0.3) is 0 Å². The van der Waals surface area contributed by atoms with Crippen LogP contribution in [0.15, 0.2) is 42.5 Å². The summed E-state index contributed by atoms with van der Waals surface area (Å²) >= 11 is 6.05. The summed E-state index contributed by atoms with van der Waals surface area (Å²) in [6, 6.07) is 10.4. The first-order valence-electron chi connectivity index (χ1n) is 9.89. The zero-order valence-corrected chi connectivity index (χ0v) is 18.2. The molecule has 0 fully saturated rings. The van der Waals surface area contributed by atoms with Gasteiger partial charge in [-0.15, -0.1) is 0 Å². The van der Waals surface area contributed by atoms with Gasteiger partial charge in [0.05, 0.1) is 11.1 Å². The van der Waals surface area contributed by atoms with Crippen LogP contribution in [0, 0.1) is 12.8 Å². The topological polar surface area (TPSA) is 92.8 Å². The fourth-order valence-corrected chi connectivity index (χ4v) is 3.58. The summed E-state index contributed by atoms with van der Waals surface area (Å²) in [6.45, 7) is 4.94. The van der Waals surface area contributed by atoms with Gasteiger partial charge in [0, 0.05) is 10.7 Å². The van der Waals surface area contributed by atoms with E-state index < -0.39 is 36.3 Å². The van der Waals surface area contributed by atoms with E-state index in [9.17, 15) is 19.2 Å². The molecule has 162 valence electrons. The monoisotopic (exact) mass is 442 g/mol. The van der Waals surface area contributed by atoms with E-state index in [4.69, 9.17) is 16.3 Å². The number of anilines is 1. The summed E-state index contributed by atoms with van der Waals surface area (Å²) in [5.74, 6) is -2.43. The summed E-state index contributed by atoms with van der Waals surface area (Å²) in [4.78, 5) is 51.6. The molecule has 0 radical (unpaired) electrons. The van der Waals surface area contributed by atoms with Crippen LogP contribution in [0.5, 0.6) is 0 Å². The molecule has 0 aliphatic carbocycles. The first-order valence-corrected chi connectivity index (χ1v) is 10.3. The molecule has 2 aromatic rings. The highest BCUT2D eigenvalue weighted by Gasteiger charge is 2.43. The Morgan fingerprint density at radius 2 is 1.65 bits per heavy atom. The lowest BCUT2D eigenvalue weighted by Gasteiger charge is -2.25. The fourth-order valence-electron chi connectivity index (χ4n) is 3.41. The molecule has 0 aromatic heterocycles. The number of imide groups is 1. The van der Waals surface area contributed by atoms with Crippen molar-refractivity contribution in [2.75, 3.05) is 11.9 Å². The van der Waals surface area contributed by atoms with Crippen LogP contribution >= 0.6 is 11.6 Å². The molecule has 0 bridgehead atoms. The maximum Gasteiger partial charge on any atom is 0.329 e. The lowest BCUT2D eigenvalue weighted by molar-refractivity contribution is -0.151. The Labute approximate surface area is 185 Å². The van der Waals surface area contributed by atoms with Gasteiger partial charge >= 0.3 is 5.97 Å². The summed E-state index contributed by atoms with van der Waals surface area (Å²) in [7, 11) is 0. The van der Waals surface area contributed by atoms with Crippen LogP contribution in [0.4, 0.5) is 5.69 Å². The second-order valence-corrected chi connectivity index (χ2v) is 8.15. The zero-order valence-electron chi connectivity index (χ0n) is 17.5. The molecule has 1 N–H and O–H groups in total. The maximum absolute atomic E-state index is 12.8. The number of carbonyl (C=O) groups is 4. The molecule has 1 heterocycles. The van der Waals surface area contributed by atoms with Crippen LogP contribution in [-0.2, 0) is 14.3 Å². The number of benzene rings is 2. The predicted octanol–water partition coefficient (Wildman–Crippen LogP) is 3.84. The number of amides is 3. The van der Waals surface area contributed by atoms with Gasteiger partial charge in [-0.2, -0.15) is 0 Å². The van der Waals surface area contributed by atoms with E-state index in [0.717, 1.165) is 4.90 Å². The number of nitrogens with one attached hydrogen (secondary N) is 1. The molecule has 0 spiro atoms. The predicted molar refractivity (Wildman–Crippen MR) is 116 cm³/mol. The SMILES string of the molecule is Cc1c(Cl)cccc1NC(=O)COC(=O)[C@H](CC(C)C)N1C(=O)c2ccccc2C1=O. The molecule has 1 atom stereocenters. The average molecular weight is 443 g/mol. The maximum atomic E-state index is 12.8. The Hall–Kier alpha value is -3.19. The summed E-state index contributed by atoms with van der Waals surface area (Å²) < 4.78 is 5.19. The number of rotatable bonds is 7. The van der Waals surface area contributed by atoms with Crippen molar-refractivity contribution in [3.05, 3.63) is 64.2 Å². The van der Waals surface area contributed by atoms with Crippen molar-refractivity contribution in [2.24, 2.45) is 5.92 Å². The molecule has 0 unspecified atom stereocenters. The third-order valence-electron chi connectivity index (χ3n) is 4.99. The third kappa shape index (κ3) is 4.77. The van der Waals surface area contributed by atoms with Crippen molar-refractivity contribution >= 4 is 41.0 Å². The van der Waals surface area contributed by atoms with Gasteiger partial charge in [0.25, 0.3) is 17.7 Å². The summed E-state index contributed by atoms with van der Waals surface area (Å²) in [5.41, 5.74) is 1.70. The Balaban J connectivity index is 1.71. The lowest BCUT2D eigenvalue weighted by atomic mass is 10.0. The van der Waals surface area contributed by atoms with E-state index in [-0.39, 0.29) is 23.5 Å². The molecular formula is C23H23ClN2O5. The number of nitrogens with zero attached hydrogens (tertiary/aromatic N) is 1. The van der Waals surface area contributed by atoms with E-state index in [2.05, 4.69) is 5.32 Å². The van der Waals surface area contributed by atoms with Crippen molar-refractivity contribution in [1.82, 2.24) is 4.90 Å². The minimum atomic E-state index is -1.12. The number of carbonyl (C=O) groups excluding carboxylic acids is 4. The third-order valence-corrected chi connectivity index (χ3v) is 5.40. The molecule has 31 heavy (non-hydrogen) atoms. The van der Waals surface area contributed by atoms with Gasteiger partial charge in [-0.05, 0) is 49.1 Å². The number of hydrogen-bond acceptors (Lipinski definition) is 5. The second-order valence-electron chi connectivity index (χ2n) is 7.74. The van der Waals surface area contributed by atoms with Crippen LogP contribution in [0.3, 0.4) is 0 Å². The molecule has 3 rings (SSSR count). The minimum absolute atomic E-state index is 0.00444. The van der Waals surface area contributed by atoms with Gasteiger partial charge < -0.3 is 10.1 Å². The van der Waals surface area contributed by atoms with E-state index in [1.165, 1.54) is 0 Å². The summed E-state index contributed by atoms with van der Waals surface area (Å²) in [5, 5.41) is 3.14. The van der Waals surface area contributed by atoms with Gasteiger partial charge in [-0.25, -0.2) is 4.79 Å². The molecule has 1 aliphatic rings. The average Bonchev–Trinajstić information content (AvgIpc) is 2.98. The number of ether oxygens (including phenoxy) is 1. The molecule has 0 saturated heterocycles. The van der Waals surface area contributed by atoms with E-state index in [0.29, 0.717) is 16.3 Å². The molecule has 1 aliphatic heterocycles. The number of hydrogen-bond donors (Lipinski definition) is 1. The van der Waals surface area contributed by atoms with Gasteiger partial charge in [-0.3, -0.25) is 19.3 Å². The lowest BCUT2D eigenvalue weighted by Crippen LogP contribution is -2.46. The second kappa shape index (κ2) is 9.31. The fraction of sp³-hybridized carbons (Fsp3) is 0.304. The Morgan fingerprint density at radius 3 is 2.23 bits per heavy atom. The number of halogens is 1. The number of esters is 1. The van der Waals surface area contributed by atoms with Crippen molar-refractivity contribution < 1.29 is 23.9 Å². The summed E-state index contributed by atoms with van der Waals surface area (Å²) in [6.07, 6.45) is 0.222. The van der Waals surface area contributed by atoms with E-state index in [1.54, 1.807) is 49.4 Å². The molecule has 8 heteroatoms. The van der Waals surface area contributed by atoms with Crippen LogP contribution in [0.1, 0.15) is 46.5 Å².